The van der Waals surface area contributed by atoms with Gasteiger partial charge in [0, 0.05) is 0 Å². The molecule has 0 spiro atoms. The van der Waals surface area contributed by atoms with Crippen LogP contribution in [-0.4, -0.2) is 0 Å². The number of aryl methyl sites for hydroxylation is 1. The van der Waals surface area contributed by atoms with Crippen LogP contribution in [0.5, 0.6) is 0 Å². The summed E-state index contributed by atoms with van der Waals surface area (Å²) >= 11 is 0. The minimum absolute atomic E-state index is 0.837. The fraction of sp³-hybridized carbons (Fsp3) is 0.478. The van der Waals surface area contributed by atoms with Gasteiger partial charge in [-0.2, -0.15) is 0 Å². The largest absolute Gasteiger partial charge is 0.120 e. The SMILES string of the molecule is C#CC.C=C(C)C1CCCC(C)C1.C=C(C)c1ccc(C)cc1. The molecule has 1 aromatic carbocycles. The Labute approximate surface area is 144 Å². The summed E-state index contributed by atoms with van der Waals surface area (Å²) in [6.07, 6.45) is 10.2. The highest BCUT2D eigenvalue weighted by Crippen LogP contribution is 2.32. The Morgan fingerprint density at radius 1 is 1.13 bits per heavy atom. The standard InChI is InChI=1S/C10H12.C10H18.C3H4/c1-8(2)10-6-4-9(3)5-7-10;1-8(2)10-6-4-5-9(3)7-10;1-3-2/h4-7H,1H2,2-3H3;9-10H,1,4-7H2,2-3H3;1H,2H3. The van der Waals surface area contributed by atoms with Crippen molar-refractivity contribution in [2.24, 2.45) is 11.8 Å². The lowest BCUT2D eigenvalue weighted by Crippen LogP contribution is -2.13. The summed E-state index contributed by atoms with van der Waals surface area (Å²) in [5, 5.41) is 0. The van der Waals surface area contributed by atoms with Gasteiger partial charge in [-0.1, -0.05) is 73.9 Å². The molecule has 0 aliphatic heterocycles. The second-order valence-electron chi connectivity index (χ2n) is 6.75. The number of terminal acetylenes is 1. The van der Waals surface area contributed by atoms with E-state index in [4.69, 9.17) is 0 Å². The Morgan fingerprint density at radius 3 is 2.00 bits per heavy atom. The quantitative estimate of drug-likeness (QED) is 0.405. The highest BCUT2D eigenvalue weighted by Gasteiger charge is 2.18. The van der Waals surface area contributed by atoms with Crippen LogP contribution in [0.2, 0.25) is 0 Å². The summed E-state index contributed by atoms with van der Waals surface area (Å²) in [6, 6.07) is 8.39. The summed E-state index contributed by atoms with van der Waals surface area (Å²) in [7, 11) is 0. The molecule has 0 saturated heterocycles. The van der Waals surface area contributed by atoms with Gasteiger partial charge in [0.1, 0.15) is 0 Å². The summed E-state index contributed by atoms with van der Waals surface area (Å²) < 4.78 is 0. The molecular weight excluding hydrogens is 276 g/mol. The predicted molar refractivity (Wildman–Crippen MR) is 106 cm³/mol. The van der Waals surface area contributed by atoms with Gasteiger partial charge in [-0.3, -0.25) is 0 Å². The van der Waals surface area contributed by atoms with E-state index in [1.807, 2.05) is 6.92 Å². The number of hydrogen-bond donors (Lipinski definition) is 0. The van der Waals surface area contributed by atoms with Gasteiger partial charge in [0.15, 0.2) is 0 Å². The predicted octanol–water partition coefficient (Wildman–Crippen LogP) is 7.06. The first-order valence-corrected chi connectivity index (χ1v) is 8.57. The van der Waals surface area contributed by atoms with Crippen LogP contribution in [0.25, 0.3) is 5.57 Å². The molecule has 0 N–H and O–H groups in total. The van der Waals surface area contributed by atoms with Gasteiger partial charge in [-0.25, -0.2) is 0 Å². The molecule has 1 aliphatic rings. The number of allylic oxidation sites excluding steroid dienone is 2. The number of benzene rings is 1. The second kappa shape index (κ2) is 11.8. The Morgan fingerprint density at radius 2 is 1.65 bits per heavy atom. The maximum absolute atomic E-state index is 4.60. The molecule has 0 heterocycles. The number of hydrogen-bond acceptors (Lipinski definition) is 0. The zero-order valence-electron chi connectivity index (χ0n) is 15.8. The van der Waals surface area contributed by atoms with E-state index in [1.165, 1.54) is 42.4 Å². The third-order valence-electron chi connectivity index (χ3n) is 4.18. The average molecular weight is 311 g/mol. The van der Waals surface area contributed by atoms with Gasteiger partial charge in [0.2, 0.25) is 0 Å². The molecule has 0 bridgehead atoms. The molecule has 1 fully saturated rings. The highest BCUT2D eigenvalue weighted by molar-refractivity contribution is 5.61. The third kappa shape index (κ3) is 9.80. The van der Waals surface area contributed by atoms with Crippen molar-refractivity contribution in [3.05, 3.63) is 54.1 Å². The first kappa shape index (κ1) is 21.3. The van der Waals surface area contributed by atoms with Crippen LogP contribution in [0.4, 0.5) is 0 Å². The zero-order valence-corrected chi connectivity index (χ0v) is 15.8. The van der Waals surface area contributed by atoms with Crippen LogP contribution in [-0.2, 0) is 0 Å². The van der Waals surface area contributed by atoms with Crippen molar-refractivity contribution in [2.75, 3.05) is 0 Å². The summed E-state index contributed by atoms with van der Waals surface area (Å²) in [4.78, 5) is 0. The van der Waals surface area contributed by atoms with Gasteiger partial charge in [0.25, 0.3) is 0 Å². The minimum Gasteiger partial charge on any atom is -0.120 e. The molecule has 2 unspecified atom stereocenters. The molecule has 126 valence electrons. The summed E-state index contributed by atoms with van der Waals surface area (Å²) in [5.74, 6) is 4.03. The van der Waals surface area contributed by atoms with Gasteiger partial charge in [-0.05, 0) is 57.9 Å². The zero-order chi connectivity index (χ0) is 17.8. The van der Waals surface area contributed by atoms with Crippen LogP contribution in [0.3, 0.4) is 0 Å². The molecule has 0 radical (unpaired) electrons. The highest BCUT2D eigenvalue weighted by atomic mass is 14.2. The molecular formula is C23H34. The summed E-state index contributed by atoms with van der Waals surface area (Å²) in [6.45, 7) is 18.2. The Hall–Kier alpha value is -1.74. The normalized spacial score (nSPS) is 19.1. The van der Waals surface area contributed by atoms with E-state index in [1.54, 1.807) is 6.92 Å². The van der Waals surface area contributed by atoms with E-state index < -0.39 is 0 Å². The maximum Gasteiger partial charge on any atom is -0.00297 e. The molecule has 1 aromatic rings. The Balaban J connectivity index is 0.000000360. The maximum atomic E-state index is 4.60. The van der Waals surface area contributed by atoms with Crippen LogP contribution in [0, 0.1) is 31.1 Å². The second-order valence-corrected chi connectivity index (χ2v) is 6.75. The van der Waals surface area contributed by atoms with Crippen LogP contribution in [0.15, 0.2) is 43.0 Å². The van der Waals surface area contributed by atoms with E-state index >= 15 is 0 Å². The Bertz CT molecular complexity index is 510. The van der Waals surface area contributed by atoms with Crippen molar-refractivity contribution >= 4 is 5.57 Å². The van der Waals surface area contributed by atoms with Crippen molar-refractivity contribution in [3.8, 4) is 12.3 Å². The molecule has 0 nitrogen and oxygen atoms in total. The molecule has 0 amide bonds. The Kier molecular flexibility index (Phi) is 10.9. The van der Waals surface area contributed by atoms with Crippen molar-refractivity contribution in [1.29, 1.82) is 0 Å². The lowest BCUT2D eigenvalue weighted by atomic mass is 9.79. The van der Waals surface area contributed by atoms with Crippen molar-refractivity contribution in [1.82, 2.24) is 0 Å². The van der Waals surface area contributed by atoms with E-state index in [9.17, 15) is 0 Å². The average Bonchev–Trinajstić information content (AvgIpc) is 2.49. The molecule has 23 heavy (non-hydrogen) atoms. The molecule has 0 aromatic heterocycles. The van der Waals surface area contributed by atoms with E-state index in [0.29, 0.717) is 0 Å². The third-order valence-corrected chi connectivity index (χ3v) is 4.18. The molecule has 0 heteroatoms. The lowest BCUT2D eigenvalue weighted by molar-refractivity contribution is 0.315. The van der Waals surface area contributed by atoms with E-state index in [-0.39, 0.29) is 0 Å². The van der Waals surface area contributed by atoms with E-state index in [2.05, 4.69) is 70.5 Å². The molecule has 2 rings (SSSR count). The van der Waals surface area contributed by atoms with Crippen LogP contribution < -0.4 is 0 Å². The van der Waals surface area contributed by atoms with Gasteiger partial charge in [-0.15, -0.1) is 12.3 Å². The fourth-order valence-corrected chi connectivity index (χ4v) is 2.72. The summed E-state index contributed by atoms with van der Waals surface area (Å²) in [5.41, 5.74) is 5.04. The van der Waals surface area contributed by atoms with E-state index in [0.717, 1.165) is 17.4 Å². The topological polar surface area (TPSA) is 0 Å². The first-order valence-electron chi connectivity index (χ1n) is 8.57. The van der Waals surface area contributed by atoms with Gasteiger partial charge < -0.3 is 0 Å². The fourth-order valence-electron chi connectivity index (χ4n) is 2.72. The number of rotatable bonds is 2. The monoisotopic (exact) mass is 310 g/mol. The van der Waals surface area contributed by atoms with Crippen molar-refractivity contribution in [2.45, 2.75) is 60.3 Å². The molecule has 1 aliphatic carbocycles. The lowest BCUT2D eigenvalue weighted by Gasteiger charge is -2.26. The smallest absolute Gasteiger partial charge is 0.00297 e. The van der Waals surface area contributed by atoms with Gasteiger partial charge in [0.05, 0.1) is 0 Å². The van der Waals surface area contributed by atoms with Crippen molar-refractivity contribution < 1.29 is 0 Å². The van der Waals surface area contributed by atoms with Gasteiger partial charge >= 0.3 is 0 Å². The molecule has 2 atom stereocenters. The van der Waals surface area contributed by atoms with Crippen LogP contribution >= 0.6 is 0 Å². The first-order chi connectivity index (χ1) is 10.8. The van der Waals surface area contributed by atoms with Crippen LogP contribution in [0.1, 0.15) is 64.5 Å². The van der Waals surface area contributed by atoms with Crippen molar-refractivity contribution in [3.63, 3.8) is 0 Å². The minimum atomic E-state index is 0.837. The molecule has 1 saturated carbocycles.